The molecule has 0 aliphatic heterocycles. The fourth-order valence-corrected chi connectivity index (χ4v) is 5.86. The average Bonchev–Trinajstić information content (AvgIpc) is 3.37. The van der Waals surface area contributed by atoms with Crippen LogP contribution in [0.4, 0.5) is 5.95 Å². The van der Waals surface area contributed by atoms with Crippen molar-refractivity contribution in [1.29, 1.82) is 0 Å². The van der Waals surface area contributed by atoms with E-state index in [0.29, 0.717) is 15.7 Å². The highest BCUT2D eigenvalue weighted by Gasteiger charge is 2.28. The third-order valence-corrected chi connectivity index (χ3v) is 8.69. The molecule has 0 aliphatic carbocycles. The molecule has 5 rings (SSSR count). The summed E-state index contributed by atoms with van der Waals surface area (Å²) in [6, 6.07) is 30.0. The third-order valence-electron chi connectivity index (χ3n) is 6.38. The fraction of sp³-hybridized carbons (Fsp3) is 0.0968. The maximum Gasteiger partial charge on any atom is 0.243 e. The second kappa shape index (κ2) is 12.3. The van der Waals surface area contributed by atoms with Gasteiger partial charge in [-0.2, -0.15) is 4.31 Å². The number of rotatable bonds is 9. The molecule has 1 N–H and O–H groups in total. The van der Waals surface area contributed by atoms with Gasteiger partial charge in [0.2, 0.25) is 21.9 Å². The molecule has 0 saturated carbocycles. The normalized spacial score (nSPS) is 11.5. The maximum atomic E-state index is 13.6. The van der Waals surface area contributed by atoms with E-state index in [1.807, 2.05) is 79.9 Å². The summed E-state index contributed by atoms with van der Waals surface area (Å²) in [6.45, 7) is 1.56. The molecule has 0 bridgehead atoms. The quantitative estimate of drug-likeness (QED) is 0.197. The molecule has 10 heteroatoms. The van der Waals surface area contributed by atoms with Gasteiger partial charge in [0.15, 0.2) is 0 Å². The molecule has 0 fully saturated rings. The molecule has 0 atom stereocenters. The number of halogens is 2. The third kappa shape index (κ3) is 6.86. The number of aromatic nitrogens is 2. The number of anilines is 1. The minimum absolute atomic E-state index is 0.00163. The molecule has 7 nitrogen and oxygen atoms in total. The average molecular weight is 606 g/mol. The Kier molecular flexibility index (Phi) is 8.56. The molecule has 0 aliphatic rings. The second-order valence-corrected chi connectivity index (χ2v) is 12.2. The summed E-state index contributed by atoms with van der Waals surface area (Å²) in [5.41, 5.74) is 4.04. The molecular formula is C31H26Cl2N4O3S. The molecule has 1 aromatic heterocycles. The van der Waals surface area contributed by atoms with Crippen molar-refractivity contribution in [3.05, 3.63) is 130 Å². The lowest BCUT2D eigenvalue weighted by Gasteiger charge is -2.22. The van der Waals surface area contributed by atoms with Crippen molar-refractivity contribution in [2.75, 3.05) is 11.9 Å². The first-order valence-electron chi connectivity index (χ1n) is 12.7. The summed E-state index contributed by atoms with van der Waals surface area (Å²) in [4.78, 5) is 18.2. The van der Waals surface area contributed by atoms with Gasteiger partial charge in [0.25, 0.3) is 0 Å². The summed E-state index contributed by atoms with van der Waals surface area (Å²) in [7, 11) is -4.04. The number of carbonyl (C=O) groups is 1. The van der Waals surface area contributed by atoms with Crippen LogP contribution in [0.25, 0.3) is 16.9 Å². The van der Waals surface area contributed by atoms with Gasteiger partial charge in [0, 0.05) is 34.0 Å². The molecule has 41 heavy (non-hydrogen) atoms. The summed E-state index contributed by atoms with van der Waals surface area (Å²) in [6.07, 6.45) is 1.82. The van der Waals surface area contributed by atoms with Gasteiger partial charge in [-0.25, -0.2) is 13.4 Å². The van der Waals surface area contributed by atoms with Gasteiger partial charge in [-0.3, -0.25) is 14.7 Å². The molecule has 0 unspecified atom stereocenters. The van der Waals surface area contributed by atoms with Crippen molar-refractivity contribution < 1.29 is 13.2 Å². The van der Waals surface area contributed by atoms with Gasteiger partial charge >= 0.3 is 0 Å². The fourth-order valence-electron chi connectivity index (χ4n) is 4.22. The number of hydrogen-bond donors (Lipinski definition) is 1. The minimum atomic E-state index is -4.04. The number of benzene rings is 4. The van der Waals surface area contributed by atoms with Crippen LogP contribution in [0.5, 0.6) is 0 Å². The van der Waals surface area contributed by atoms with E-state index >= 15 is 0 Å². The summed E-state index contributed by atoms with van der Waals surface area (Å²) < 4.78 is 30.2. The van der Waals surface area contributed by atoms with Crippen LogP contribution in [0.2, 0.25) is 10.0 Å². The molecule has 0 saturated heterocycles. The van der Waals surface area contributed by atoms with E-state index in [4.69, 9.17) is 23.2 Å². The Labute approximate surface area is 249 Å². The Bertz CT molecular complexity index is 1760. The van der Waals surface area contributed by atoms with Gasteiger partial charge in [0.05, 0.1) is 17.1 Å². The standard InChI is InChI=1S/C31H26Cl2N4O3S/c1-22-7-15-27(16-8-22)37-20-29(24-9-11-25(32)12-10-24)34-31(37)35-30(38)21-36(19-23-5-3-2-4-6-23)41(39,40)28-17-13-26(33)14-18-28/h2-18,20H,19,21H2,1H3,(H,34,35,38). The van der Waals surface area contributed by atoms with Crippen LogP contribution in [0.1, 0.15) is 11.1 Å². The summed E-state index contributed by atoms with van der Waals surface area (Å²) in [5.74, 6) is -0.285. The highest BCUT2D eigenvalue weighted by atomic mass is 35.5. The lowest BCUT2D eigenvalue weighted by Crippen LogP contribution is -2.38. The van der Waals surface area contributed by atoms with E-state index in [9.17, 15) is 13.2 Å². The molecule has 4 aromatic carbocycles. The van der Waals surface area contributed by atoms with Crippen LogP contribution >= 0.6 is 23.2 Å². The molecule has 1 heterocycles. The van der Waals surface area contributed by atoms with Crippen LogP contribution in [0.15, 0.2) is 114 Å². The second-order valence-electron chi connectivity index (χ2n) is 9.42. The number of nitrogens with one attached hydrogen (secondary N) is 1. The zero-order valence-electron chi connectivity index (χ0n) is 22.0. The molecule has 208 valence electrons. The largest absolute Gasteiger partial charge is 0.294 e. The Morgan fingerprint density at radius 1 is 0.854 bits per heavy atom. The smallest absolute Gasteiger partial charge is 0.243 e. The first-order valence-corrected chi connectivity index (χ1v) is 14.9. The van der Waals surface area contributed by atoms with Crippen molar-refractivity contribution >= 4 is 45.1 Å². The van der Waals surface area contributed by atoms with Crippen molar-refractivity contribution in [1.82, 2.24) is 13.9 Å². The van der Waals surface area contributed by atoms with Crippen LogP contribution in [-0.2, 0) is 21.4 Å². The van der Waals surface area contributed by atoms with Crippen LogP contribution in [-0.4, -0.2) is 34.7 Å². The highest BCUT2D eigenvalue weighted by molar-refractivity contribution is 7.89. The van der Waals surface area contributed by atoms with Gasteiger partial charge in [-0.15, -0.1) is 0 Å². The van der Waals surface area contributed by atoms with E-state index < -0.39 is 22.5 Å². The van der Waals surface area contributed by atoms with Crippen LogP contribution in [0, 0.1) is 6.92 Å². The summed E-state index contributed by atoms with van der Waals surface area (Å²) >= 11 is 12.1. The van der Waals surface area contributed by atoms with E-state index in [1.54, 1.807) is 16.7 Å². The Morgan fingerprint density at radius 2 is 1.46 bits per heavy atom. The monoisotopic (exact) mass is 604 g/mol. The first-order chi connectivity index (χ1) is 19.7. The van der Waals surface area contributed by atoms with Crippen molar-refractivity contribution in [3.63, 3.8) is 0 Å². The van der Waals surface area contributed by atoms with Crippen LogP contribution < -0.4 is 5.32 Å². The number of carbonyl (C=O) groups excluding carboxylic acids is 1. The summed E-state index contributed by atoms with van der Waals surface area (Å²) in [5, 5.41) is 3.84. The van der Waals surface area contributed by atoms with Crippen molar-refractivity contribution in [2.24, 2.45) is 0 Å². The zero-order chi connectivity index (χ0) is 29.0. The maximum absolute atomic E-state index is 13.6. The topological polar surface area (TPSA) is 84.3 Å². The van der Waals surface area contributed by atoms with Crippen molar-refractivity contribution in [2.45, 2.75) is 18.4 Å². The van der Waals surface area contributed by atoms with Gasteiger partial charge in [-0.05, 0) is 61.0 Å². The van der Waals surface area contributed by atoms with E-state index in [1.165, 1.54) is 24.3 Å². The Balaban J connectivity index is 1.47. The molecule has 1 amide bonds. The predicted octanol–water partition coefficient (Wildman–Crippen LogP) is 6.98. The SMILES string of the molecule is Cc1ccc(-n2cc(-c3ccc(Cl)cc3)nc2NC(=O)CN(Cc2ccccc2)S(=O)(=O)c2ccc(Cl)cc2)cc1. The van der Waals surface area contributed by atoms with Crippen LogP contribution in [0.3, 0.4) is 0 Å². The van der Waals surface area contributed by atoms with Gasteiger partial charge < -0.3 is 0 Å². The minimum Gasteiger partial charge on any atom is -0.294 e. The number of aryl methyl sites for hydroxylation is 1. The number of amides is 1. The lowest BCUT2D eigenvalue weighted by molar-refractivity contribution is -0.116. The van der Waals surface area contributed by atoms with E-state index in [-0.39, 0.29) is 17.4 Å². The molecule has 0 spiro atoms. The molecule has 0 radical (unpaired) electrons. The first kappa shape index (κ1) is 28.6. The zero-order valence-corrected chi connectivity index (χ0v) is 24.4. The number of hydrogen-bond acceptors (Lipinski definition) is 4. The molecular weight excluding hydrogens is 579 g/mol. The lowest BCUT2D eigenvalue weighted by atomic mass is 10.2. The van der Waals surface area contributed by atoms with Crippen molar-refractivity contribution in [3.8, 4) is 16.9 Å². The Hall–Kier alpha value is -3.95. The number of imidazole rings is 1. The van der Waals surface area contributed by atoms with E-state index in [2.05, 4.69) is 10.3 Å². The predicted molar refractivity (Wildman–Crippen MR) is 163 cm³/mol. The van der Waals surface area contributed by atoms with E-state index in [0.717, 1.165) is 26.7 Å². The highest BCUT2D eigenvalue weighted by Crippen LogP contribution is 2.26. The number of sulfonamides is 1. The van der Waals surface area contributed by atoms with Gasteiger partial charge in [0.1, 0.15) is 0 Å². The Morgan fingerprint density at radius 3 is 2.10 bits per heavy atom. The van der Waals surface area contributed by atoms with Gasteiger partial charge in [-0.1, -0.05) is 83.4 Å². The molecule has 5 aromatic rings. The number of nitrogens with zero attached hydrogens (tertiary/aromatic N) is 3.